The maximum absolute atomic E-state index is 13.0. The molecule has 2 saturated heterocycles. The molecule has 0 saturated carbocycles. The van der Waals surface area contributed by atoms with Crippen molar-refractivity contribution in [3.8, 4) is 5.75 Å². The third-order valence-electron chi connectivity index (χ3n) is 5.60. The van der Waals surface area contributed by atoms with Gasteiger partial charge in [0, 0.05) is 25.2 Å². The molecule has 1 amide bonds. The minimum absolute atomic E-state index is 0.0626. The van der Waals surface area contributed by atoms with Crippen molar-refractivity contribution in [2.75, 3.05) is 39.8 Å². The van der Waals surface area contributed by atoms with E-state index in [0.717, 1.165) is 38.8 Å². The van der Waals surface area contributed by atoms with Crippen LogP contribution in [-0.4, -0.2) is 58.5 Å². The highest BCUT2D eigenvalue weighted by molar-refractivity contribution is 7.89. The monoisotopic (exact) mass is 395 g/mol. The number of sulfonamides is 1. The molecular weight excluding hydrogens is 366 g/mol. The summed E-state index contributed by atoms with van der Waals surface area (Å²) in [6, 6.07) is 4.61. The van der Waals surface area contributed by atoms with Crippen LogP contribution in [0.2, 0.25) is 0 Å². The zero-order valence-corrected chi connectivity index (χ0v) is 16.9. The van der Waals surface area contributed by atoms with Crippen molar-refractivity contribution in [2.24, 2.45) is 5.41 Å². The first-order chi connectivity index (χ1) is 12.9. The summed E-state index contributed by atoms with van der Waals surface area (Å²) < 4.78 is 32.6. The molecule has 2 heterocycles. The molecule has 0 unspecified atom stereocenters. The Kier molecular flexibility index (Phi) is 6.08. The molecule has 2 fully saturated rings. The van der Waals surface area contributed by atoms with Crippen LogP contribution in [0.5, 0.6) is 5.75 Å². The molecule has 0 aromatic heterocycles. The smallest absolute Gasteiger partial charge is 0.251 e. The quantitative estimate of drug-likeness (QED) is 0.764. The maximum atomic E-state index is 13.0. The number of hydrogen-bond donors (Lipinski definition) is 2. The molecular formula is C19H29N3O4S. The number of benzene rings is 1. The normalized spacial score (nSPS) is 20.4. The summed E-state index contributed by atoms with van der Waals surface area (Å²) in [7, 11) is -2.22. The van der Waals surface area contributed by atoms with Gasteiger partial charge in [0.2, 0.25) is 10.0 Å². The van der Waals surface area contributed by atoms with E-state index in [1.807, 2.05) is 0 Å². The van der Waals surface area contributed by atoms with Crippen molar-refractivity contribution in [2.45, 2.75) is 37.5 Å². The van der Waals surface area contributed by atoms with Crippen LogP contribution in [0.1, 0.15) is 43.0 Å². The predicted octanol–water partition coefficient (Wildman–Crippen LogP) is 1.60. The second-order valence-electron chi connectivity index (χ2n) is 7.72. The average Bonchev–Trinajstić information content (AvgIpc) is 3.22. The van der Waals surface area contributed by atoms with E-state index in [1.165, 1.54) is 17.5 Å². The Balaban J connectivity index is 1.79. The minimum Gasteiger partial charge on any atom is -0.495 e. The lowest BCUT2D eigenvalue weighted by Crippen LogP contribution is -2.42. The number of ether oxygens (including phenoxy) is 1. The second kappa shape index (κ2) is 8.16. The first-order valence-electron chi connectivity index (χ1n) is 9.53. The number of hydrogen-bond acceptors (Lipinski definition) is 5. The highest BCUT2D eigenvalue weighted by Gasteiger charge is 2.31. The van der Waals surface area contributed by atoms with E-state index in [2.05, 4.69) is 17.6 Å². The summed E-state index contributed by atoms with van der Waals surface area (Å²) >= 11 is 0. The molecule has 0 radical (unpaired) electrons. The van der Waals surface area contributed by atoms with Gasteiger partial charge in [-0.25, -0.2) is 8.42 Å². The molecule has 2 aliphatic rings. The van der Waals surface area contributed by atoms with Crippen molar-refractivity contribution >= 4 is 15.9 Å². The number of amides is 1. The fourth-order valence-corrected chi connectivity index (χ4v) is 5.39. The number of carbonyl (C=O) groups is 1. The molecule has 3 rings (SSSR count). The molecule has 8 heteroatoms. The molecule has 0 aliphatic carbocycles. The second-order valence-corrected chi connectivity index (χ2v) is 9.63. The molecule has 1 aromatic rings. The van der Waals surface area contributed by atoms with Crippen LogP contribution >= 0.6 is 0 Å². The lowest BCUT2D eigenvalue weighted by molar-refractivity contribution is 0.0922. The van der Waals surface area contributed by atoms with Crippen molar-refractivity contribution in [3.05, 3.63) is 23.8 Å². The molecule has 2 aliphatic heterocycles. The summed E-state index contributed by atoms with van der Waals surface area (Å²) in [5.41, 5.74) is 0.406. The lowest BCUT2D eigenvalue weighted by Gasteiger charge is -2.34. The van der Waals surface area contributed by atoms with Crippen molar-refractivity contribution in [1.82, 2.24) is 14.9 Å². The number of piperidine rings is 1. The van der Waals surface area contributed by atoms with Crippen LogP contribution in [0.4, 0.5) is 0 Å². The number of nitrogens with one attached hydrogen (secondary N) is 2. The zero-order valence-electron chi connectivity index (χ0n) is 16.1. The third-order valence-corrected chi connectivity index (χ3v) is 7.51. The number of methoxy groups -OCH3 is 1. The van der Waals surface area contributed by atoms with E-state index in [-0.39, 0.29) is 22.0 Å². The van der Waals surface area contributed by atoms with Gasteiger partial charge in [-0.1, -0.05) is 6.92 Å². The zero-order chi connectivity index (χ0) is 19.5. The molecule has 1 aromatic carbocycles. The van der Waals surface area contributed by atoms with Crippen molar-refractivity contribution in [1.29, 1.82) is 0 Å². The Hall–Kier alpha value is -1.64. The van der Waals surface area contributed by atoms with Crippen LogP contribution in [0, 0.1) is 5.41 Å². The fourth-order valence-electron chi connectivity index (χ4n) is 3.69. The Labute approximate surface area is 161 Å². The van der Waals surface area contributed by atoms with E-state index < -0.39 is 10.0 Å². The first-order valence-corrected chi connectivity index (χ1v) is 11.0. The highest BCUT2D eigenvalue weighted by Crippen LogP contribution is 2.30. The van der Waals surface area contributed by atoms with Gasteiger partial charge in [-0.05, 0) is 62.4 Å². The summed E-state index contributed by atoms with van der Waals surface area (Å²) in [6.07, 6.45) is 3.72. The van der Waals surface area contributed by atoms with Gasteiger partial charge in [-0.3, -0.25) is 4.79 Å². The Morgan fingerprint density at radius 3 is 2.56 bits per heavy atom. The Morgan fingerprint density at radius 2 is 1.93 bits per heavy atom. The van der Waals surface area contributed by atoms with E-state index in [4.69, 9.17) is 4.74 Å². The lowest BCUT2D eigenvalue weighted by atomic mass is 9.81. The van der Waals surface area contributed by atoms with Crippen molar-refractivity contribution < 1.29 is 17.9 Å². The Bertz CT molecular complexity index is 782. The van der Waals surface area contributed by atoms with Crippen LogP contribution in [0.25, 0.3) is 0 Å². The Morgan fingerprint density at radius 1 is 1.26 bits per heavy atom. The predicted molar refractivity (Wildman–Crippen MR) is 104 cm³/mol. The summed E-state index contributed by atoms with van der Waals surface area (Å²) in [5, 5.41) is 6.30. The molecule has 7 nitrogen and oxygen atoms in total. The van der Waals surface area contributed by atoms with Gasteiger partial charge in [-0.15, -0.1) is 0 Å². The summed E-state index contributed by atoms with van der Waals surface area (Å²) in [5.74, 6) is 0.0130. The van der Waals surface area contributed by atoms with Gasteiger partial charge in [0.25, 0.3) is 5.91 Å². The molecule has 0 bridgehead atoms. The highest BCUT2D eigenvalue weighted by atomic mass is 32.2. The number of nitrogens with zero attached hydrogens (tertiary/aromatic N) is 1. The van der Waals surface area contributed by atoms with Gasteiger partial charge in [-0.2, -0.15) is 4.31 Å². The third kappa shape index (κ3) is 4.44. The minimum atomic E-state index is -3.66. The van der Waals surface area contributed by atoms with Gasteiger partial charge < -0.3 is 15.4 Å². The average molecular weight is 396 g/mol. The van der Waals surface area contributed by atoms with E-state index in [0.29, 0.717) is 25.2 Å². The van der Waals surface area contributed by atoms with E-state index >= 15 is 0 Å². The van der Waals surface area contributed by atoms with Gasteiger partial charge in [0.15, 0.2) is 0 Å². The summed E-state index contributed by atoms with van der Waals surface area (Å²) in [6.45, 7) is 5.67. The standard InChI is InChI=1S/C19H29N3O4S/c1-19(7-9-20-10-8-19)14-21-18(23)15-5-6-16(26-2)17(13-15)27(24,25)22-11-3-4-12-22/h5-6,13,20H,3-4,7-12,14H2,1-2H3,(H,21,23). The van der Waals surface area contributed by atoms with Crippen LogP contribution in [-0.2, 0) is 10.0 Å². The van der Waals surface area contributed by atoms with Gasteiger partial charge >= 0.3 is 0 Å². The van der Waals surface area contributed by atoms with E-state index in [1.54, 1.807) is 12.1 Å². The van der Waals surface area contributed by atoms with Crippen LogP contribution in [0.15, 0.2) is 23.1 Å². The van der Waals surface area contributed by atoms with Crippen LogP contribution in [0.3, 0.4) is 0 Å². The molecule has 0 atom stereocenters. The molecule has 2 N–H and O–H groups in total. The van der Waals surface area contributed by atoms with Crippen molar-refractivity contribution in [3.63, 3.8) is 0 Å². The number of rotatable bonds is 6. The van der Waals surface area contributed by atoms with Gasteiger partial charge in [0.05, 0.1) is 7.11 Å². The van der Waals surface area contributed by atoms with Crippen LogP contribution < -0.4 is 15.4 Å². The molecule has 0 spiro atoms. The molecule has 27 heavy (non-hydrogen) atoms. The number of carbonyl (C=O) groups excluding carboxylic acids is 1. The van der Waals surface area contributed by atoms with Gasteiger partial charge in [0.1, 0.15) is 10.6 Å². The maximum Gasteiger partial charge on any atom is 0.251 e. The topological polar surface area (TPSA) is 87.7 Å². The summed E-state index contributed by atoms with van der Waals surface area (Å²) in [4.78, 5) is 12.7. The SMILES string of the molecule is COc1ccc(C(=O)NCC2(C)CCNCC2)cc1S(=O)(=O)N1CCCC1. The largest absolute Gasteiger partial charge is 0.495 e. The molecule has 150 valence electrons. The van der Waals surface area contributed by atoms with E-state index in [9.17, 15) is 13.2 Å². The fraction of sp³-hybridized carbons (Fsp3) is 0.632. The first kappa shape index (κ1) is 20.1.